The number of hydrogen-bond acceptors (Lipinski definition) is 1. The molecule has 0 fully saturated rings. The highest BCUT2D eigenvalue weighted by Gasteiger charge is 2.25. The van der Waals surface area contributed by atoms with E-state index in [1.165, 1.54) is 5.56 Å². The molecule has 1 aromatic carbocycles. The molecule has 1 aliphatic rings. The molecule has 0 saturated heterocycles. The Balaban J connectivity index is 2.26. The van der Waals surface area contributed by atoms with E-state index in [9.17, 15) is 0 Å². The van der Waals surface area contributed by atoms with Gasteiger partial charge in [-0.05, 0) is 18.6 Å². The zero-order valence-electron chi connectivity index (χ0n) is 11.2. The van der Waals surface area contributed by atoms with E-state index in [2.05, 4.69) is 28.7 Å². The number of likely N-dealkylation sites (N-methyl/N-ethyl adjacent to an activating group) is 1. The summed E-state index contributed by atoms with van der Waals surface area (Å²) in [6.45, 7) is 3.64. The first-order valence-electron chi connectivity index (χ1n) is 6.41. The highest BCUT2D eigenvalue weighted by atomic mass is 35.5. The van der Waals surface area contributed by atoms with Crippen molar-refractivity contribution in [2.45, 2.75) is 19.9 Å². The van der Waals surface area contributed by atoms with Gasteiger partial charge in [-0.1, -0.05) is 53.5 Å². The molecule has 0 radical (unpaired) electrons. The van der Waals surface area contributed by atoms with Crippen LogP contribution >= 0.6 is 23.2 Å². The van der Waals surface area contributed by atoms with Gasteiger partial charge in [0, 0.05) is 13.1 Å². The molecule has 2 rings (SSSR count). The van der Waals surface area contributed by atoms with Crippen LogP contribution in [0.3, 0.4) is 0 Å². The topological polar surface area (TPSA) is 39.6 Å². The number of allylic oxidation sites excluding steroid dienone is 3. The van der Waals surface area contributed by atoms with Gasteiger partial charge in [0.2, 0.25) is 0 Å². The van der Waals surface area contributed by atoms with Gasteiger partial charge in [-0.2, -0.15) is 4.79 Å². The Hall–Kier alpha value is -1.54. The Kier molecular flexibility index (Phi) is 5.02. The number of rotatable bonds is 4. The lowest BCUT2D eigenvalue weighted by Gasteiger charge is -2.27. The molecule has 104 valence electrons. The zero-order valence-corrected chi connectivity index (χ0v) is 12.7. The average Bonchev–Trinajstić information content (AvgIpc) is 2.48. The highest BCUT2D eigenvalue weighted by molar-refractivity contribution is 6.45. The molecule has 0 aliphatic heterocycles. The first kappa shape index (κ1) is 14.9. The van der Waals surface area contributed by atoms with Crippen molar-refractivity contribution in [2.75, 3.05) is 6.54 Å². The number of halogens is 2. The summed E-state index contributed by atoms with van der Waals surface area (Å²) in [5, 5.41) is 1.07. The van der Waals surface area contributed by atoms with Gasteiger partial charge in [0.15, 0.2) is 0 Å². The van der Waals surface area contributed by atoms with Crippen LogP contribution in [-0.2, 0) is 6.54 Å². The minimum Gasteiger partial charge on any atom is -0.366 e. The Morgan fingerprint density at radius 1 is 1.25 bits per heavy atom. The van der Waals surface area contributed by atoms with Crippen molar-refractivity contribution in [3.8, 4) is 0 Å². The van der Waals surface area contributed by atoms with Gasteiger partial charge < -0.3 is 10.4 Å². The molecule has 0 unspecified atom stereocenters. The number of hydrogen-bond donors (Lipinski definition) is 0. The van der Waals surface area contributed by atoms with Gasteiger partial charge >= 0.3 is 5.71 Å². The minimum absolute atomic E-state index is 0.355. The molecule has 1 aliphatic carbocycles. The van der Waals surface area contributed by atoms with Crippen LogP contribution in [0.1, 0.15) is 18.9 Å². The SMILES string of the molecule is CCN(Cc1ccccc1)C1=C(Cl)CC(=[N+]=[N-])C(Cl)=C1. The van der Waals surface area contributed by atoms with E-state index < -0.39 is 0 Å². The average molecular weight is 308 g/mol. The van der Waals surface area contributed by atoms with Gasteiger partial charge in [-0.3, -0.25) is 0 Å². The highest BCUT2D eigenvalue weighted by Crippen LogP contribution is 2.29. The summed E-state index contributed by atoms with van der Waals surface area (Å²) in [4.78, 5) is 5.31. The monoisotopic (exact) mass is 307 g/mol. The van der Waals surface area contributed by atoms with E-state index in [0.717, 1.165) is 18.8 Å². The molecule has 20 heavy (non-hydrogen) atoms. The van der Waals surface area contributed by atoms with Gasteiger partial charge in [0.25, 0.3) is 0 Å². The van der Waals surface area contributed by atoms with Gasteiger partial charge in [-0.25, -0.2) is 0 Å². The standard InChI is InChI=1S/C15H15Cl2N3/c1-2-20(10-11-6-4-3-5-7-11)15-9-12(16)14(19-18)8-13(15)17/h3-7,9H,2,8,10H2,1H3. The maximum Gasteiger partial charge on any atom is 0.315 e. The Bertz CT molecular complexity index is 599. The Morgan fingerprint density at radius 2 is 1.95 bits per heavy atom. The van der Waals surface area contributed by atoms with E-state index >= 15 is 0 Å². The Morgan fingerprint density at radius 3 is 2.55 bits per heavy atom. The molecule has 0 amide bonds. The molecule has 1 aromatic rings. The first-order chi connectivity index (χ1) is 9.65. The molecule has 0 spiro atoms. The third-order valence-corrected chi connectivity index (χ3v) is 3.85. The van der Waals surface area contributed by atoms with Crippen molar-refractivity contribution in [1.29, 1.82) is 0 Å². The van der Waals surface area contributed by atoms with Crippen molar-refractivity contribution in [3.05, 3.63) is 63.3 Å². The fraction of sp³-hybridized carbons (Fsp3) is 0.267. The van der Waals surface area contributed by atoms with E-state index in [0.29, 0.717) is 22.2 Å². The molecule has 0 heterocycles. The third kappa shape index (κ3) is 3.31. The first-order valence-corrected chi connectivity index (χ1v) is 7.17. The summed E-state index contributed by atoms with van der Waals surface area (Å²) < 4.78 is 0. The summed E-state index contributed by atoms with van der Waals surface area (Å²) in [6, 6.07) is 10.2. The fourth-order valence-corrected chi connectivity index (χ4v) is 2.63. The second kappa shape index (κ2) is 6.76. The molecule has 0 atom stereocenters. The van der Waals surface area contributed by atoms with Crippen LogP contribution in [-0.4, -0.2) is 21.9 Å². The second-order valence-corrected chi connectivity index (χ2v) is 5.37. The van der Waals surface area contributed by atoms with Crippen molar-refractivity contribution in [2.24, 2.45) is 0 Å². The number of benzene rings is 1. The maximum absolute atomic E-state index is 8.86. The molecule has 0 N–H and O–H groups in total. The predicted octanol–water partition coefficient (Wildman–Crippen LogP) is 4.16. The number of nitrogens with zero attached hydrogens (tertiary/aromatic N) is 3. The lowest BCUT2D eigenvalue weighted by molar-refractivity contribution is -0.00598. The van der Waals surface area contributed by atoms with E-state index in [1.54, 1.807) is 6.08 Å². The van der Waals surface area contributed by atoms with Crippen LogP contribution in [0.5, 0.6) is 0 Å². The van der Waals surface area contributed by atoms with Gasteiger partial charge in [-0.15, -0.1) is 0 Å². The van der Waals surface area contributed by atoms with Crippen LogP contribution in [0.4, 0.5) is 0 Å². The molecule has 0 aromatic heterocycles. The predicted molar refractivity (Wildman–Crippen MR) is 82.6 cm³/mol. The molecule has 5 heteroatoms. The lowest BCUT2D eigenvalue weighted by atomic mass is 10.1. The summed E-state index contributed by atoms with van der Waals surface area (Å²) in [5.74, 6) is 0. The summed E-state index contributed by atoms with van der Waals surface area (Å²) in [7, 11) is 0. The largest absolute Gasteiger partial charge is 0.366 e. The van der Waals surface area contributed by atoms with Crippen LogP contribution in [0, 0.1) is 0 Å². The minimum atomic E-state index is 0.355. The molecular weight excluding hydrogens is 293 g/mol. The lowest BCUT2D eigenvalue weighted by Crippen LogP contribution is -2.24. The van der Waals surface area contributed by atoms with Crippen LogP contribution in [0.25, 0.3) is 5.53 Å². The summed E-state index contributed by atoms with van der Waals surface area (Å²) in [5.41, 5.74) is 11.4. The molecule has 3 nitrogen and oxygen atoms in total. The van der Waals surface area contributed by atoms with Crippen molar-refractivity contribution >= 4 is 28.9 Å². The fourth-order valence-electron chi connectivity index (χ4n) is 2.12. The van der Waals surface area contributed by atoms with Crippen molar-refractivity contribution in [1.82, 2.24) is 4.90 Å². The summed E-state index contributed by atoms with van der Waals surface area (Å²) in [6.07, 6.45) is 2.11. The normalized spacial score (nSPS) is 14.9. The van der Waals surface area contributed by atoms with Gasteiger partial charge in [0.05, 0.1) is 17.2 Å². The van der Waals surface area contributed by atoms with Gasteiger partial charge in [0.1, 0.15) is 5.03 Å². The maximum atomic E-state index is 8.86. The third-order valence-electron chi connectivity index (χ3n) is 3.20. The van der Waals surface area contributed by atoms with Crippen molar-refractivity contribution in [3.63, 3.8) is 0 Å². The summed E-state index contributed by atoms with van der Waals surface area (Å²) >= 11 is 12.4. The van der Waals surface area contributed by atoms with E-state index in [1.807, 2.05) is 18.2 Å². The molecule has 0 bridgehead atoms. The van der Waals surface area contributed by atoms with E-state index in [-0.39, 0.29) is 0 Å². The second-order valence-electron chi connectivity index (χ2n) is 4.51. The molecular formula is C15H15Cl2N3. The van der Waals surface area contributed by atoms with Crippen molar-refractivity contribution < 1.29 is 4.79 Å². The Labute approximate surface area is 128 Å². The van der Waals surface area contributed by atoms with Crippen LogP contribution < -0.4 is 0 Å². The smallest absolute Gasteiger partial charge is 0.315 e. The van der Waals surface area contributed by atoms with Crippen LogP contribution in [0.2, 0.25) is 0 Å². The molecule has 0 saturated carbocycles. The quantitative estimate of drug-likeness (QED) is 0.608. The van der Waals surface area contributed by atoms with E-state index in [4.69, 9.17) is 28.7 Å². The zero-order chi connectivity index (χ0) is 14.5. The van der Waals surface area contributed by atoms with Crippen LogP contribution in [0.15, 0.2) is 52.2 Å².